The van der Waals surface area contributed by atoms with Crippen LogP contribution < -0.4 is 5.32 Å². The van der Waals surface area contributed by atoms with Gasteiger partial charge in [-0.15, -0.1) is 11.3 Å². The van der Waals surface area contributed by atoms with Crippen molar-refractivity contribution in [2.45, 2.75) is 45.6 Å². The first-order chi connectivity index (χ1) is 9.00. The highest BCUT2D eigenvalue weighted by molar-refractivity contribution is 7.09. The summed E-state index contributed by atoms with van der Waals surface area (Å²) in [6, 6.07) is 0.207. The van der Waals surface area contributed by atoms with E-state index in [0.29, 0.717) is 0 Å². The zero-order valence-electron chi connectivity index (χ0n) is 12.0. The van der Waals surface area contributed by atoms with Crippen LogP contribution in [0.4, 0.5) is 0 Å². The Morgan fingerprint density at radius 3 is 2.74 bits per heavy atom. The van der Waals surface area contributed by atoms with E-state index >= 15 is 0 Å². The third-order valence-corrected chi connectivity index (χ3v) is 3.87. The number of imidazole rings is 1. The molecule has 4 nitrogen and oxygen atoms in total. The smallest absolute Gasteiger partial charge is 0.123 e. The summed E-state index contributed by atoms with van der Waals surface area (Å²) in [5.41, 5.74) is 1.29. The van der Waals surface area contributed by atoms with Gasteiger partial charge in [-0.3, -0.25) is 0 Å². The summed E-state index contributed by atoms with van der Waals surface area (Å²) in [6.07, 6.45) is 4.53. The maximum Gasteiger partial charge on any atom is 0.123 e. The lowest BCUT2D eigenvalue weighted by molar-refractivity contribution is 0.520. The van der Waals surface area contributed by atoms with Gasteiger partial charge in [-0.25, -0.2) is 9.97 Å². The van der Waals surface area contributed by atoms with Crippen LogP contribution in [0.3, 0.4) is 0 Å². The highest BCUT2D eigenvalue weighted by atomic mass is 32.1. The van der Waals surface area contributed by atoms with E-state index in [-0.39, 0.29) is 11.5 Å². The molecule has 104 valence electrons. The fraction of sp³-hybridized carbons (Fsp3) is 0.571. The van der Waals surface area contributed by atoms with E-state index in [4.69, 9.17) is 4.98 Å². The molecule has 0 aliphatic rings. The summed E-state index contributed by atoms with van der Waals surface area (Å²) in [7, 11) is 0. The van der Waals surface area contributed by atoms with Crippen LogP contribution in [-0.4, -0.2) is 21.5 Å². The number of rotatable bonds is 5. The number of H-pyrrole nitrogens is 1. The van der Waals surface area contributed by atoms with Crippen LogP contribution in [0.2, 0.25) is 0 Å². The standard InChI is InChI=1S/C14H22N4S/c1-5-15-10(13-16-6-7-17-13)8-12-18-11(9-19-12)14(2,3)4/h6-7,9-10,15H,5,8H2,1-4H3,(H,16,17). The molecule has 5 heteroatoms. The number of nitrogens with one attached hydrogen (secondary N) is 2. The molecule has 2 rings (SSSR count). The van der Waals surface area contributed by atoms with E-state index in [9.17, 15) is 0 Å². The molecule has 0 fully saturated rings. The molecule has 0 aliphatic carbocycles. The maximum atomic E-state index is 4.75. The average Bonchev–Trinajstić information content (AvgIpc) is 2.98. The van der Waals surface area contributed by atoms with Crippen molar-refractivity contribution in [1.29, 1.82) is 0 Å². The lowest BCUT2D eigenvalue weighted by atomic mass is 9.93. The minimum atomic E-state index is 0.118. The quantitative estimate of drug-likeness (QED) is 0.884. The molecule has 2 N–H and O–H groups in total. The van der Waals surface area contributed by atoms with Crippen LogP contribution in [0, 0.1) is 0 Å². The second-order valence-corrected chi connectivity index (χ2v) is 6.61. The van der Waals surface area contributed by atoms with Crippen molar-refractivity contribution in [3.8, 4) is 0 Å². The Kier molecular flexibility index (Phi) is 4.37. The Bertz CT molecular complexity index is 496. The molecule has 0 amide bonds. The molecular formula is C14H22N4S. The van der Waals surface area contributed by atoms with Crippen LogP contribution >= 0.6 is 11.3 Å². The number of hydrogen-bond donors (Lipinski definition) is 2. The number of thiazole rings is 1. The predicted octanol–water partition coefficient (Wildman–Crippen LogP) is 3.06. The van der Waals surface area contributed by atoms with Crippen molar-refractivity contribution < 1.29 is 0 Å². The first-order valence-electron chi connectivity index (χ1n) is 6.68. The molecule has 19 heavy (non-hydrogen) atoms. The van der Waals surface area contributed by atoms with Crippen LogP contribution in [0.5, 0.6) is 0 Å². The number of aromatic nitrogens is 3. The lowest BCUT2D eigenvalue weighted by Gasteiger charge is -2.15. The molecule has 2 aromatic rings. The van der Waals surface area contributed by atoms with Crippen LogP contribution in [0.25, 0.3) is 0 Å². The Morgan fingerprint density at radius 2 is 2.21 bits per heavy atom. The Hall–Kier alpha value is -1.20. The molecule has 0 aromatic carbocycles. The van der Waals surface area contributed by atoms with Crippen molar-refractivity contribution >= 4 is 11.3 Å². The van der Waals surface area contributed by atoms with E-state index in [0.717, 1.165) is 23.8 Å². The van der Waals surface area contributed by atoms with Crippen molar-refractivity contribution in [1.82, 2.24) is 20.3 Å². The van der Waals surface area contributed by atoms with Gasteiger partial charge in [0.15, 0.2) is 0 Å². The molecule has 1 unspecified atom stereocenters. The minimum Gasteiger partial charge on any atom is -0.347 e. The Labute approximate surface area is 118 Å². The summed E-state index contributed by atoms with van der Waals surface area (Å²) in [5, 5.41) is 6.78. The molecular weight excluding hydrogens is 256 g/mol. The molecule has 2 heterocycles. The van der Waals surface area contributed by atoms with Crippen LogP contribution in [0.1, 0.15) is 50.3 Å². The van der Waals surface area contributed by atoms with Gasteiger partial charge in [0.1, 0.15) is 5.82 Å². The SMILES string of the molecule is CCNC(Cc1nc(C(C)(C)C)cs1)c1ncc[nH]1. The summed E-state index contributed by atoms with van der Waals surface area (Å²) < 4.78 is 0. The molecule has 0 aliphatic heterocycles. The molecule has 0 bridgehead atoms. The van der Waals surface area contributed by atoms with E-state index in [1.165, 1.54) is 5.69 Å². The molecule has 0 spiro atoms. The number of likely N-dealkylation sites (N-methyl/N-ethyl adjacent to an activating group) is 1. The van der Waals surface area contributed by atoms with Crippen LogP contribution in [-0.2, 0) is 11.8 Å². The van der Waals surface area contributed by atoms with E-state index < -0.39 is 0 Å². The van der Waals surface area contributed by atoms with Crippen molar-refractivity contribution in [3.63, 3.8) is 0 Å². The van der Waals surface area contributed by atoms with Gasteiger partial charge in [0.05, 0.1) is 16.7 Å². The van der Waals surface area contributed by atoms with Gasteiger partial charge in [-0.1, -0.05) is 27.7 Å². The molecule has 0 saturated heterocycles. The van der Waals surface area contributed by atoms with Crippen molar-refractivity contribution in [2.24, 2.45) is 0 Å². The summed E-state index contributed by atoms with van der Waals surface area (Å²) in [5.74, 6) is 0.981. The second kappa shape index (κ2) is 5.84. The molecule has 1 atom stereocenters. The number of nitrogens with zero attached hydrogens (tertiary/aromatic N) is 2. The van der Waals surface area contributed by atoms with Crippen molar-refractivity contribution in [3.05, 3.63) is 34.3 Å². The Morgan fingerprint density at radius 1 is 1.42 bits per heavy atom. The lowest BCUT2D eigenvalue weighted by Crippen LogP contribution is -2.24. The highest BCUT2D eigenvalue weighted by Crippen LogP contribution is 2.26. The monoisotopic (exact) mass is 278 g/mol. The van der Waals surface area contributed by atoms with Gasteiger partial charge >= 0.3 is 0 Å². The topological polar surface area (TPSA) is 53.6 Å². The number of aromatic amines is 1. The maximum absolute atomic E-state index is 4.75. The zero-order valence-corrected chi connectivity index (χ0v) is 12.8. The largest absolute Gasteiger partial charge is 0.347 e. The summed E-state index contributed by atoms with van der Waals surface area (Å²) >= 11 is 1.74. The highest BCUT2D eigenvalue weighted by Gasteiger charge is 2.20. The summed E-state index contributed by atoms with van der Waals surface area (Å²) in [4.78, 5) is 12.3. The van der Waals surface area contributed by atoms with E-state index in [2.05, 4.69) is 48.4 Å². The zero-order chi connectivity index (χ0) is 13.9. The average molecular weight is 278 g/mol. The van der Waals surface area contributed by atoms with Crippen LogP contribution in [0.15, 0.2) is 17.8 Å². The van der Waals surface area contributed by atoms with Gasteiger partial charge < -0.3 is 10.3 Å². The van der Waals surface area contributed by atoms with Gasteiger partial charge in [0.25, 0.3) is 0 Å². The predicted molar refractivity (Wildman–Crippen MR) is 79.5 cm³/mol. The first-order valence-corrected chi connectivity index (χ1v) is 7.56. The molecule has 2 aromatic heterocycles. The minimum absolute atomic E-state index is 0.118. The van der Waals surface area contributed by atoms with Gasteiger partial charge in [-0.2, -0.15) is 0 Å². The van der Waals surface area contributed by atoms with E-state index in [1.807, 2.05) is 6.20 Å². The van der Waals surface area contributed by atoms with E-state index in [1.54, 1.807) is 17.5 Å². The second-order valence-electron chi connectivity index (χ2n) is 5.67. The van der Waals surface area contributed by atoms with Gasteiger partial charge in [0, 0.05) is 29.6 Å². The molecule has 0 radical (unpaired) electrons. The van der Waals surface area contributed by atoms with Gasteiger partial charge in [0.2, 0.25) is 0 Å². The number of hydrogen-bond acceptors (Lipinski definition) is 4. The fourth-order valence-corrected chi connectivity index (χ4v) is 2.97. The fourth-order valence-electron chi connectivity index (χ4n) is 1.90. The normalized spacial score (nSPS) is 13.7. The Balaban J connectivity index is 2.11. The third-order valence-electron chi connectivity index (χ3n) is 3.00. The first kappa shape index (κ1) is 14.2. The summed E-state index contributed by atoms with van der Waals surface area (Å²) in [6.45, 7) is 9.61. The van der Waals surface area contributed by atoms with Gasteiger partial charge in [-0.05, 0) is 6.54 Å². The molecule has 0 saturated carbocycles. The van der Waals surface area contributed by atoms with Crippen molar-refractivity contribution in [2.75, 3.05) is 6.54 Å². The third kappa shape index (κ3) is 3.64.